The van der Waals surface area contributed by atoms with Crippen molar-refractivity contribution in [2.24, 2.45) is 0 Å². The number of carbonyl (C=O) groups excluding carboxylic acids is 2. The molecule has 0 aromatic heterocycles. The summed E-state index contributed by atoms with van der Waals surface area (Å²) >= 11 is 7.55. The van der Waals surface area contributed by atoms with Gasteiger partial charge in [0.15, 0.2) is 0 Å². The molecular weight excluding hydrogens is 416 g/mol. The molecule has 1 atom stereocenters. The molecule has 0 saturated carbocycles. The van der Waals surface area contributed by atoms with Crippen LogP contribution in [0.1, 0.15) is 39.2 Å². The molecule has 0 heterocycles. The van der Waals surface area contributed by atoms with Crippen molar-refractivity contribution in [2.75, 3.05) is 12.3 Å². The largest absolute Gasteiger partial charge is 0.352 e. The van der Waals surface area contributed by atoms with E-state index in [9.17, 15) is 9.59 Å². The number of nitrogens with zero attached hydrogens (tertiary/aromatic N) is 1. The van der Waals surface area contributed by atoms with E-state index >= 15 is 0 Å². The van der Waals surface area contributed by atoms with Gasteiger partial charge in [0, 0.05) is 34.7 Å². The molecular formula is C24H31ClN2O2S. The highest BCUT2D eigenvalue weighted by Gasteiger charge is 2.28. The molecule has 0 fully saturated rings. The van der Waals surface area contributed by atoms with E-state index in [1.165, 1.54) is 0 Å². The zero-order valence-electron chi connectivity index (χ0n) is 17.9. The minimum atomic E-state index is -0.454. The molecule has 6 heteroatoms. The van der Waals surface area contributed by atoms with Gasteiger partial charge in [-0.1, -0.05) is 48.9 Å². The van der Waals surface area contributed by atoms with Gasteiger partial charge in [-0.05, 0) is 56.5 Å². The number of hydrogen-bond acceptors (Lipinski definition) is 3. The van der Waals surface area contributed by atoms with Crippen LogP contribution in [0.15, 0.2) is 59.5 Å². The molecule has 0 radical (unpaired) electrons. The Morgan fingerprint density at radius 1 is 1.07 bits per heavy atom. The van der Waals surface area contributed by atoms with Gasteiger partial charge in [0.1, 0.15) is 6.04 Å². The summed E-state index contributed by atoms with van der Waals surface area (Å²) in [7, 11) is 0. The lowest BCUT2D eigenvalue weighted by atomic mass is 10.1. The van der Waals surface area contributed by atoms with Crippen LogP contribution < -0.4 is 5.32 Å². The summed E-state index contributed by atoms with van der Waals surface area (Å²) in [6, 6.07) is 17.3. The normalized spacial score (nSPS) is 11.9. The van der Waals surface area contributed by atoms with Crippen LogP contribution in [-0.4, -0.2) is 41.1 Å². The van der Waals surface area contributed by atoms with Gasteiger partial charge in [0.05, 0.1) is 0 Å². The minimum Gasteiger partial charge on any atom is -0.352 e. The maximum atomic E-state index is 13.1. The van der Waals surface area contributed by atoms with Gasteiger partial charge in [0.25, 0.3) is 0 Å². The van der Waals surface area contributed by atoms with E-state index in [4.69, 9.17) is 11.6 Å². The average Bonchev–Trinajstić information content (AvgIpc) is 2.72. The molecule has 2 amide bonds. The van der Waals surface area contributed by atoms with Crippen LogP contribution in [0.2, 0.25) is 5.02 Å². The Labute approximate surface area is 189 Å². The van der Waals surface area contributed by atoms with E-state index in [0.717, 1.165) is 16.9 Å². The quantitative estimate of drug-likeness (QED) is 0.483. The second-order valence-corrected chi connectivity index (χ2v) is 9.07. The average molecular weight is 447 g/mol. The smallest absolute Gasteiger partial charge is 0.242 e. The van der Waals surface area contributed by atoms with Crippen molar-refractivity contribution in [1.82, 2.24) is 10.2 Å². The summed E-state index contributed by atoms with van der Waals surface area (Å²) in [5, 5.41) is 3.66. The fourth-order valence-electron chi connectivity index (χ4n) is 3.21. The number of carbonyl (C=O) groups is 2. The predicted octanol–water partition coefficient (Wildman–Crippen LogP) is 5.20. The summed E-state index contributed by atoms with van der Waals surface area (Å²) in [6.07, 6.45) is 1.69. The topological polar surface area (TPSA) is 49.4 Å². The Hall–Kier alpha value is -1.98. The molecule has 0 aliphatic heterocycles. The highest BCUT2D eigenvalue weighted by atomic mass is 35.5. The van der Waals surface area contributed by atoms with Gasteiger partial charge in [-0.25, -0.2) is 0 Å². The van der Waals surface area contributed by atoms with Crippen LogP contribution in [0.5, 0.6) is 0 Å². The van der Waals surface area contributed by atoms with Crippen LogP contribution in [0.4, 0.5) is 0 Å². The zero-order valence-corrected chi connectivity index (χ0v) is 19.5. The van der Waals surface area contributed by atoms with Gasteiger partial charge in [-0.2, -0.15) is 0 Å². The SMILES string of the molecule is CC[C@H](C(=O)NC(C)C)N(CCc1ccccc1)C(=O)CCSc1ccc(Cl)cc1. The molecule has 2 aromatic rings. The predicted molar refractivity (Wildman–Crippen MR) is 126 cm³/mol. The highest BCUT2D eigenvalue weighted by molar-refractivity contribution is 7.99. The molecule has 1 N–H and O–H groups in total. The molecule has 30 heavy (non-hydrogen) atoms. The Morgan fingerprint density at radius 2 is 1.73 bits per heavy atom. The van der Waals surface area contributed by atoms with Crippen LogP contribution in [0.25, 0.3) is 0 Å². The zero-order chi connectivity index (χ0) is 21.9. The van der Waals surface area contributed by atoms with E-state index < -0.39 is 6.04 Å². The van der Waals surface area contributed by atoms with Gasteiger partial charge >= 0.3 is 0 Å². The fourth-order valence-corrected chi connectivity index (χ4v) is 4.17. The fraction of sp³-hybridized carbons (Fsp3) is 0.417. The minimum absolute atomic E-state index is 0.0122. The second-order valence-electron chi connectivity index (χ2n) is 7.46. The molecule has 4 nitrogen and oxygen atoms in total. The van der Waals surface area contributed by atoms with Crippen molar-refractivity contribution in [3.63, 3.8) is 0 Å². The first-order valence-corrected chi connectivity index (χ1v) is 11.8. The van der Waals surface area contributed by atoms with Gasteiger partial charge in [-0.15, -0.1) is 11.8 Å². The van der Waals surface area contributed by atoms with Crippen molar-refractivity contribution in [2.45, 2.75) is 57.0 Å². The van der Waals surface area contributed by atoms with Crippen molar-refractivity contribution < 1.29 is 9.59 Å². The second kappa shape index (κ2) is 12.7. The van der Waals surface area contributed by atoms with Gasteiger partial charge in [-0.3, -0.25) is 9.59 Å². The number of rotatable bonds is 11. The van der Waals surface area contributed by atoms with Gasteiger partial charge in [0.2, 0.25) is 11.8 Å². The third-order valence-corrected chi connectivity index (χ3v) is 5.97. The molecule has 0 bridgehead atoms. The van der Waals surface area contributed by atoms with Crippen LogP contribution in [0, 0.1) is 0 Å². The molecule has 0 saturated heterocycles. The van der Waals surface area contributed by atoms with E-state index in [-0.39, 0.29) is 17.9 Å². The number of thioether (sulfide) groups is 1. The van der Waals surface area contributed by atoms with Crippen LogP contribution >= 0.6 is 23.4 Å². The summed E-state index contributed by atoms with van der Waals surface area (Å²) in [5.41, 5.74) is 1.16. The summed E-state index contributed by atoms with van der Waals surface area (Å²) in [5.74, 6) is 0.585. The number of hydrogen-bond donors (Lipinski definition) is 1. The molecule has 0 aliphatic rings. The monoisotopic (exact) mass is 446 g/mol. The highest BCUT2D eigenvalue weighted by Crippen LogP contribution is 2.22. The van der Waals surface area contributed by atoms with E-state index in [2.05, 4.69) is 5.32 Å². The number of halogens is 1. The Kier molecular flexibility index (Phi) is 10.2. The molecule has 2 rings (SSSR count). The lowest BCUT2D eigenvalue weighted by Crippen LogP contribution is -2.51. The van der Waals surface area contributed by atoms with Crippen molar-refractivity contribution >= 4 is 35.2 Å². The van der Waals surface area contributed by atoms with Crippen molar-refractivity contribution in [1.29, 1.82) is 0 Å². The summed E-state index contributed by atoms with van der Waals surface area (Å²) in [4.78, 5) is 28.7. The lowest BCUT2D eigenvalue weighted by Gasteiger charge is -2.31. The van der Waals surface area contributed by atoms with Crippen molar-refractivity contribution in [3.05, 3.63) is 65.2 Å². The Balaban J connectivity index is 2.04. The third-order valence-electron chi connectivity index (χ3n) is 4.70. The number of amides is 2. The van der Waals surface area contributed by atoms with Crippen molar-refractivity contribution in [3.8, 4) is 0 Å². The molecule has 162 valence electrons. The van der Waals surface area contributed by atoms with Crippen LogP contribution in [-0.2, 0) is 16.0 Å². The number of benzene rings is 2. The molecule has 0 aliphatic carbocycles. The lowest BCUT2D eigenvalue weighted by molar-refractivity contribution is -0.140. The Bertz CT molecular complexity index is 797. The van der Waals surface area contributed by atoms with E-state index in [1.54, 1.807) is 16.7 Å². The summed E-state index contributed by atoms with van der Waals surface area (Å²) in [6.45, 7) is 6.35. The standard InChI is InChI=1S/C24H31ClN2O2S/c1-4-22(24(29)26-18(2)3)27(16-14-19-8-6-5-7-9-19)23(28)15-17-30-21-12-10-20(25)11-13-21/h5-13,18,22H,4,14-17H2,1-3H3,(H,26,29)/t22-/m1/s1. The van der Waals surface area contributed by atoms with E-state index in [1.807, 2.05) is 75.4 Å². The Morgan fingerprint density at radius 3 is 2.33 bits per heavy atom. The first kappa shape index (κ1) is 24.3. The molecule has 0 spiro atoms. The number of nitrogens with one attached hydrogen (secondary N) is 1. The summed E-state index contributed by atoms with van der Waals surface area (Å²) < 4.78 is 0. The first-order chi connectivity index (χ1) is 14.4. The molecule has 0 unspecified atom stereocenters. The third kappa shape index (κ3) is 8.04. The van der Waals surface area contributed by atoms with E-state index in [0.29, 0.717) is 30.2 Å². The maximum Gasteiger partial charge on any atom is 0.242 e. The van der Waals surface area contributed by atoms with Gasteiger partial charge < -0.3 is 10.2 Å². The maximum absolute atomic E-state index is 13.1. The first-order valence-electron chi connectivity index (χ1n) is 10.4. The molecule has 2 aromatic carbocycles. The van der Waals surface area contributed by atoms with Crippen LogP contribution in [0.3, 0.4) is 0 Å².